The summed E-state index contributed by atoms with van der Waals surface area (Å²) in [6, 6.07) is 25.9. The summed E-state index contributed by atoms with van der Waals surface area (Å²) in [5.41, 5.74) is 6.12. The van der Waals surface area contributed by atoms with Crippen molar-refractivity contribution < 1.29 is 0 Å². The first-order valence-electron chi connectivity index (χ1n) is 9.15. The Hall–Kier alpha value is -2.98. The summed E-state index contributed by atoms with van der Waals surface area (Å²) in [4.78, 5) is 1.28. The standard InChI is InChI=1S/C23H19BN2S/c1-16-10-12-17(13-11-16)19(22-9-4-14-27-22)15-24-25-20-7-2-5-18-6-3-8-21(26-24)23(18)20/h2-15,25-26H,1H3/b19-15+. The molecule has 0 atom stereocenters. The van der Waals surface area contributed by atoms with Crippen molar-refractivity contribution in [2.24, 2.45) is 0 Å². The Bertz CT molecular complexity index is 1090. The average Bonchev–Trinajstić information content (AvgIpc) is 3.22. The van der Waals surface area contributed by atoms with E-state index < -0.39 is 0 Å². The van der Waals surface area contributed by atoms with Crippen LogP contribution in [0.4, 0.5) is 11.4 Å². The molecule has 0 saturated heterocycles. The average molecular weight is 366 g/mol. The highest BCUT2D eigenvalue weighted by atomic mass is 32.1. The van der Waals surface area contributed by atoms with Gasteiger partial charge < -0.3 is 10.5 Å². The fourth-order valence-electron chi connectivity index (χ4n) is 3.69. The van der Waals surface area contributed by atoms with Gasteiger partial charge in [0, 0.05) is 21.6 Å². The van der Waals surface area contributed by atoms with E-state index in [1.54, 1.807) is 11.3 Å². The van der Waals surface area contributed by atoms with Crippen molar-refractivity contribution in [1.82, 2.24) is 0 Å². The lowest BCUT2D eigenvalue weighted by molar-refractivity contribution is 1.45. The zero-order valence-electron chi connectivity index (χ0n) is 15.1. The molecule has 1 aliphatic heterocycles. The van der Waals surface area contributed by atoms with Crippen LogP contribution in [0.15, 0.2) is 84.2 Å². The van der Waals surface area contributed by atoms with Gasteiger partial charge in [-0.15, -0.1) is 11.3 Å². The second-order valence-corrected chi connectivity index (χ2v) is 7.85. The molecule has 5 rings (SSSR count). The van der Waals surface area contributed by atoms with Crippen LogP contribution in [0, 0.1) is 6.92 Å². The van der Waals surface area contributed by atoms with Gasteiger partial charge in [0.15, 0.2) is 0 Å². The largest absolute Gasteiger partial charge is 0.405 e. The van der Waals surface area contributed by atoms with Gasteiger partial charge in [-0.2, -0.15) is 0 Å². The Balaban J connectivity index is 1.58. The van der Waals surface area contributed by atoms with E-state index in [1.165, 1.54) is 43.7 Å². The van der Waals surface area contributed by atoms with E-state index in [2.05, 4.69) is 102 Å². The van der Waals surface area contributed by atoms with Gasteiger partial charge in [0.25, 0.3) is 0 Å². The van der Waals surface area contributed by atoms with Crippen LogP contribution in [0.2, 0.25) is 0 Å². The molecule has 0 fully saturated rings. The molecule has 1 aliphatic rings. The lowest BCUT2D eigenvalue weighted by atomic mass is 9.71. The van der Waals surface area contributed by atoms with Crippen LogP contribution < -0.4 is 10.5 Å². The van der Waals surface area contributed by atoms with E-state index in [0.29, 0.717) is 0 Å². The van der Waals surface area contributed by atoms with Crippen molar-refractivity contribution in [3.63, 3.8) is 0 Å². The van der Waals surface area contributed by atoms with Crippen molar-refractivity contribution in [3.05, 3.63) is 100 Å². The Labute approximate surface area is 163 Å². The molecule has 3 aromatic carbocycles. The summed E-state index contributed by atoms with van der Waals surface area (Å²) in [5, 5.41) is 12.0. The van der Waals surface area contributed by atoms with Crippen molar-refractivity contribution in [1.29, 1.82) is 0 Å². The van der Waals surface area contributed by atoms with Crippen LogP contribution in [-0.4, -0.2) is 6.98 Å². The minimum Gasteiger partial charge on any atom is -0.405 e. The molecule has 0 unspecified atom stereocenters. The molecular formula is C23H19BN2S. The van der Waals surface area contributed by atoms with E-state index in [1.807, 2.05) is 0 Å². The molecule has 0 radical (unpaired) electrons. The summed E-state index contributed by atoms with van der Waals surface area (Å²) in [7, 11) is 0. The van der Waals surface area contributed by atoms with Crippen LogP contribution in [-0.2, 0) is 0 Å². The maximum Gasteiger partial charge on any atom is 0.399 e. The number of benzene rings is 3. The first-order chi connectivity index (χ1) is 13.3. The monoisotopic (exact) mass is 366 g/mol. The molecule has 4 heteroatoms. The van der Waals surface area contributed by atoms with Gasteiger partial charge >= 0.3 is 6.98 Å². The third-order valence-corrected chi connectivity index (χ3v) is 5.91. The van der Waals surface area contributed by atoms with Crippen LogP contribution >= 0.6 is 11.3 Å². The van der Waals surface area contributed by atoms with Gasteiger partial charge in [-0.1, -0.05) is 66.1 Å². The maximum absolute atomic E-state index is 3.65. The highest BCUT2D eigenvalue weighted by Crippen LogP contribution is 2.35. The van der Waals surface area contributed by atoms with E-state index in [4.69, 9.17) is 0 Å². The second-order valence-electron chi connectivity index (χ2n) is 6.90. The molecule has 2 N–H and O–H groups in total. The molecule has 0 spiro atoms. The van der Waals surface area contributed by atoms with E-state index in [9.17, 15) is 0 Å². The van der Waals surface area contributed by atoms with Crippen molar-refractivity contribution >= 4 is 46.0 Å². The van der Waals surface area contributed by atoms with Crippen LogP contribution in [0.5, 0.6) is 0 Å². The highest BCUT2D eigenvalue weighted by Gasteiger charge is 2.23. The minimum atomic E-state index is 0.0314. The number of anilines is 2. The van der Waals surface area contributed by atoms with Gasteiger partial charge in [0.2, 0.25) is 0 Å². The highest BCUT2D eigenvalue weighted by molar-refractivity contribution is 7.11. The van der Waals surface area contributed by atoms with Crippen molar-refractivity contribution in [2.45, 2.75) is 6.92 Å². The van der Waals surface area contributed by atoms with Gasteiger partial charge in [0.1, 0.15) is 0 Å². The zero-order valence-corrected chi connectivity index (χ0v) is 15.9. The normalized spacial score (nSPS) is 13.4. The Morgan fingerprint density at radius 3 is 2.19 bits per heavy atom. The third kappa shape index (κ3) is 3.02. The van der Waals surface area contributed by atoms with Gasteiger partial charge in [0.05, 0.1) is 0 Å². The lowest BCUT2D eigenvalue weighted by Crippen LogP contribution is -2.35. The SMILES string of the molecule is Cc1ccc(/C(=C\B2Nc3cccc4cccc(c34)N2)c2cccs2)cc1. The Morgan fingerprint density at radius 2 is 1.56 bits per heavy atom. The molecule has 0 amide bonds. The number of nitrogens with one attached hydrogen (secondary N) is 2. The first-order valence-corrected chi connectivity index (χ1v) is 10.0. The zero-order chi connectivity index (χ0) is 18.2. The number of hydrogen-bond donors (Lipinski definition) is 2. The smallest absolute Gasteiger partial charge is 0.399 e. The molecule has 2 nitrogen and oxygen atoms in total. The summed E-state index contributed by atoms with van der Waals surface area (Å²) in [5.74, 6) is 2.30. The Morgan fingerprint density at radius 1 is 0.852 bits per heavy atom. The minimum absolute atomic E-state index is 0.0314. The summed E-state index contributed by atoms with van der Waals surface area (Å²) < 4.78 is 0. The quantitative estimate of drug-likeness (QED) is 0.422. The Kier molecular flexibility index (Phi) is 3.99. The molecule has 27 heavy (non-hydrogen) atoms. The molecule has 4 aromatic rings. The number of hydrogen-bond acceptors (Lipinski definition) is 3. The van der Waals surface area contributed by atoms with E-state index >= 15 is 0 Å². The van der Waals surface area contributed by atoms with Crippen molar-refractivity contribution in [2.75, 3.05) is 10.5 Å². The van der Waals surface area contributed by atoms with Gasteiger partial charge in [-0.3, -0.25) is 0 Å². The summed E-state index contributed by atoms with van der Waals surface area (Å²) in [6.07, 6.45) is 0. The summed E-state index contributed by atoms with van der Waals surface area (Å²) >= 11 is 1.77. The molecular weight excluding hydrogens is 347 g/mol. The van der Waals surface area contributed by atoms with Crippen LogP contribution in [0.1, 0.15) is 16.0 Å². The number of aryl methyl sites for hydroxylation is 1. The molecule has 130 valence electrons. The van der Waals surface area contributed by atoms with Gasteiger partial charge in [-0.25, -0.2) is 0 Å². The molecule has 0 saturated carbocycles. The predicted molar refractivity (Wildman–Crippen MR) is 120 cm³/mol. The van der Waals surface area contributed by atoms with Crippen LogP contribution in [0.25, 0.3) is 16.3 Å². The van der Waals surface area contributed by atoms with E-state index in [0.717, 1.165) is 0 Å². The predicted octanol–water partition coefficient (Wildman–Crippen LogP) is 6.21. The van der Waals surface area contributed by atoms with E-state index in [-0.39, 0.29) is 6.98 Å². The number of rotatable bonds is 3. The lowest BCUT2D eigenvalue weighted by Gasteiger charge is -2.25. The fraction of sp³-hybridized carbons (Fsp3) is 0.0435. The first kappa shape index (κ1) is 16.2. The molecule has 0 aliphatic carbocycles. The fourth-order valence-corrected chi connectivity index (χ4v) is 4.46. The van der Waals surface area contributed by atoms with Crippen molar-refractivity contribution in [3.8, 4) is 0 Å². The third-order valence-electron chi connectivity index (χ3n) is 5.01. The van der Waals surface area contributed by atoms with Gasteiger partial charge in [-0.05, 0) is 47.0 Å². The summed E-state index contributed by atoms with van der Waals surface area (Å²) in [6.45, 7) is 2.16. The second kappa shape index (κ2) is 6.64. The van der Waals surface area contributed by atoms with Crippen LogP contribution in [0.3, 0.4) is 0 Å². The number of thiophene rings is 1. The maximum atomic E-state index is 3.65. The molecule has 1 aromatic heterocycles. The molecule has 2 heterocycles. The molecule has 0 bridgehead atoms. The topological polar surface area (TPSA) is 24.1 Å².